The Balaban J connectivity index is 1.48. The van der Waals surface area contributed by atoms with Gasteiger partial charge >= 0.3 is 0 Å². The number of sulfone groups is 1. The fourth-order valence-electron chi connectivity index (χ4n) is 4.54. The largest absolute Gasteiger partial charge is 0.331 e. The van der Waals surface area contributed by atoms with Gasteiger partial charge in [0, 0.05) is 46.0 Å². The van der Waals surface area contributed by atoms with Crippen LogP contribution in [-0.2, 0) is 21.2 Å². The second-order valence-electron chi connectivity index (χ2n) is 9.17. The van der Waals surface area contributed by atoms with Gasteiger partial charge in [0.15, 0.2) is 9.84 Å². The molecule has 0 aliphatic carbocycles. The lowest BCUT2D eigenvalue weighted by molar-refractivity contribution is -0.128. The molecule has 2 heterocycles. The van der Waals surface area contributed by atoms with Gasteiger partial charge in [-0.3, -0.25) is 4.79 Å². The number of hydrogen-bond donors (Lipinski definition) is 0. The summed E-state index contributed by atoms with van der Waals surface area (Å²) in [4.78, 5) is 15.2. The van der Waals surface area contributed by atoms with Crippen LogP contribution in [0.4, 0.5) is 0 Å². The molecule has 0 N–H and O–H groups in total. The van der Waals surface area contributed by atoms with Gasteiger partial charge in [-0.1, -0.05) is 77.8 Å². The van der Waals surface area contributed by atoms with Gasteiger partial charge < -0.3 is 4.90 Å². The number of rotatable bonds is 7. The first kappa shape index (κ1) is 26.2. The number of para-hydroxylation sites is 1. The number of nitrogens with zero attached hydrogens (tertiary/aromatic N) is 3. The molecule has 0 bridgehead atoms. The van der Waals surface area contributed by atoms with Crippen LogP contribution in [0.2, 0.25) is 10.0 Å². The maximum Gasteiger partial charge on any atom is 0.247 e. The molecular weight excluding hydrogens is 541 g/mol. The zero-order chi connectivity index (χ0) is 26.7. The van der Waals surface area contributed by atoms with Crippen molar-refractivity contribution in [2.24, 2.45) is 0 Å². The molecule has 38 heavy (non-hydrogen) atoms. The third-order valence-electron chi connectivity index (χ3n) is 6.50. The molecule has 0 saturated carbocycles. The van der Waals surface area contributed by atoms with E-state index in [-0.39, 0.29) is 24.0 Å². The van der Waals surface area contributed by atoms with Gasteiger partial charge in [-0.05, 0) is 42.3 Å². The van der Waals surface area contributed by atoms with Crippen LogP contribution in [0.5, 0.6) is 0 Å². The summed E-state index contributed by atoms with van der Waals surface area (Å²) in [5.74, 6) is -0.315. The monoisotopic (exact) mass is 565 g/mol. The number of aromatic nitrogens is 2. The lowest BCUT2D eigenvalue weighted by atomic mass is 10.1. The molecule has 1 aliphatic rings. The highest BCUT2D eigenvalue weighted by atomic mass is 35.5. The minimum absolute atomic E-state index is 0.0571. The minimum Gasteiger partial charge on any atom is -0.331 e. The van der Waals surface area contributed by atoms with E-state index in [2.05, 4.69) is 0 Å². The minimum atomic E-state index is -3.21. The molecule has 0 radical (unpaired) electrons. The van der Waals surface area contributed by atoms with E-state index in [4.69, 9.17) is 28.3 Å². The Morgan fingerprint density at radius 3 is 2.39 bits per heavy atom. The molecule has 0 spiro atoms. The topological polar surface area (TPSA) is 72.3 Å². The second-order valence-corrected chi connectivity index (χ2v) is 12.2. The summed E-state index contributed by atoms with van der Waals surface area (Å²) < 4.78 is 26.3. The summed E-state index contributed by atoms with van der Waals surface area (Å²) in [5, 5.41) is 5.70. The average Bonchev–Trinajstić information content (AvgIpc) is 3.51. The average molecular weight is 567 g/mol. The molecule has 6 nitrogen and oxygen atoms in total. The highest BCUT2D eigenvalue weighted by Crippen LogP contribution is 2.28. The van der Waals surface area contributed by atoms with E-state index < -0.39 is 15.9 Å². The van der Waals surface area contributed by atoms with E-state index in [1.807, 2.05) is 66.9 Å². The summed E-state index contributed by atoms with van der Waals surface area (Å²) in [6.07, 6.45) is 5.47. The summed E-state index contributed by atoms with van der Waals surface area (Å²) in [6, 6.07) is 24.1. The van der Waals surface area contributed by atoms with Gasteiger partial charge in [0.25, 0.3) is 0 Å². The quantitative estimate of drug-likeness (QED) is 0.255. The molecule has 194 valence electrons. The predicted octanol–water partition coefficient (Wildman–Crippen LogP) is 6.08. The van der Waals surface area contributed by atoms with E-state index >= 15 is 0 Å². The summed E-state index contributed by atoms with van der Waals surface area (Å²) in [6.45, 7) is 0.175. The molecule has 9 heteroatoms. The molecule has 5 rings (SSSR count). The molecule has 1 aromatic heterocycles. The first-order valence-corrected chi connectivity index (χ1v) is 14.7. The molecule has 1 fully saturated rings. The number of carbonyl (C=O) groups excluding carboxylic acids is 1. The smallest absolute Gasteiger partial charge is 0.247 e. The Morgan fingerprint density at radius 2 is 1.74 bits per heavy atom. The van der Waals surface area contributed by atoms with Crippen molar-refractivity contribution in [3.63, 3.8) is 0 Å². The van der Waals surface area contributed by atoms with Crippen molar-refractivity contribution < 1.29 is 13.2 Å². The van der Waals surface area contributed by atoms with Crippen molar-refractivity contribution in [1.82, 2.24) is 14.7 Å². The summed E-state index contributed by atoms with van der Waals surface area (Å²) >= 11 is 12.4. The number of halogens is 2. The first-order chi connectivity index (χ1) is 18.3. The number of benzene rings is 3. The molecule has 1 amide bonds. The van der Waals surface area contributed by atoms with Gasteiger partial charge in [0.1, 0.15) is 0 Å². The molecule has 1 unspecified atom stereocenters. The number of amides is 1. The first-order valence-electron chi connectivity index (χ1n) is 12.1. The van der Waals surface area contributed by atoms with Crippen molar-refractivity contribution in [2.75, 3.05) is 11.5 Å². The van der Waals surface area contributed by atoms with Gasteiger partial charge in [-0.25, -0.2) is 13.1 Å². The Morgan fingerprint density at radius 1 is 1.03 bits per heavy atom. The lowest BCUT2D eigenvalue weighted by Crippen LogP contribution is -2.39. The molecule has 4 aromatic rings. The van der Waals surface area contributed by atoms with E-state index in [9.17, 15) is 13.2 Å². The van der Waals surface area contributed by atoms with Crippen molar-refractivity contribution in [3.8, 4) is 16.9 Å². The molecule has 3 aromatic carbocycles. The van der Waals surface area contributed by atoms with Crippen LogP contribution in [0.1, 0.15) is 17.5 Å². The molecule has 1 atom stereocenters. The lowest BCUT2D eigenvalue weighted by Gasteiger charge is -2.27. The van der Waals surface area contributed by atoms with Crippen molar-refractivity contribution in [1.29, 1.82) is 0 Å². The zero-order valence-corrected chi connectivity index (χ0v) is 22.7. The molecule has 1 saturated heterocycles. The van der Waals surface area contributed by atoms with Crippen molar-refractivity contribution in [3.05, 3.63) is 112 Å². The van der Waals surface area contributed by atoms with Gasteiger partial charge in [0.2, 0.25) is 5.91 Å². The zero-order valence-electron chi connectivity index (χ0n) is 20.4. The van der Waals surface area contributed by atoms with Crippen molar-refractivity contribution >= 4 is 45.0 Å². The Kier molecular flexibility index (Phi) is 7.70. The highest BCUT2D eigenvalue weighted by molar-refractivity contribution is 7.91. The third kappa shape index (κ3) is 6.01. The summed E-state index contributed by atoms with van der Waals surface area (Å²) in [7, 11) is -3.21. The fraction of sp³-hybridized carbons (Fsp3) is 0.172. The van der Waals surface area contributed by atoms with Crippen molar-refractivity contribution in [2.45, 2.75) is 19.0 Å². The predicted molar refractivity (Wildman–Crippen MR) is 152 cm³/mol. The van der Waals surface area contributed by atoms with Crippen LogP contribution in [0.25, 0.3) is 23.0 Å². The standard InChI is InChI=1S/C29H25Cl2N3O3S/c30-24-13-11-22(27(31)17-24)18-33(26-15-16-38(36,37)20-26)28(35)14-12-23-19-34(25-9-5-2-6-10-25)32-29(23)21-7-3-1-4-8-21/h1-14,17,19,26H,15-16,18,20H2/b14-12+. The van der Waals surface area contributed by atoms with Gasteiger partial charge in [-0.15, -0.1) is 0 Å². The molecular formula is C29H25Cl2N3O3S. The van der Waals surface area contributed by atoms with E-state index in [0.717, 1.165) is 22.5 Å². The van der Waals surface area contributed by atoms with Gasteiger partial charge in [0.05, 0.1) is 22.9 Å². The second kappa shape index (κ2) is 11.2. The van der Waals surface area contributed by atoms with Crippen LogP contribution in [0, 0.1) is 0 Å². The molecule has 1 aliphatic heterocycles. The maximum atomic E-state index is 13.6. The van der Waals surface area contributed by atoms with Crippen LogP contribution >= 0.6 is 23.2 Å². The fourth-order valence-corrected chi connectivity index (χ4v) is 6.74. The van der Waals surface area contributed by atoms with Gasteiger partial charge in [-0.2, -0.15) is 5.10 Å². The SMILES string of the molecule is O=C(/C=C/c1cn(-c2ccccc2)nc1-c1ccccc1)N(Cc1ccc(Cl)cc1Cl)C1CCS(=O)(=O)C1. The Labute approximate surface area is 232 Å². The maximum absolute atomic E-state index is 13.6. The van der Waals surface area contributed by atoms with E-state index in [0.29, 0.717) is 22.0 Å². The Bertz CT molecular complexity index is 1590. The van der Waals surface area contributed by atoms with E-state index in [1.54, 1.807) is 33.9 Å². The highest BCUT2D eigenvalue weighted by Gasteiger charge is 2.34. The normalized spacial score (nSPS) is 16.6. The van der Waals surface area contributed by atoms with E-state index in [1.165, 1.54) is 6.08 Å². The summed E-state index contributed by atoms with van der Waals surface area (Å²) in [5.41, 5.74) is 4.00. The number of carbonyl (C=O) groups is 1. The van der Waals surface area contributed by atoms with Crippen LogP contribution in [0.3, 0.4) is 0 Å². The van der Waals surface area contributed by atoms with Crippen LogP contribution in [-0.4, -0.2) is 46.6 Å². The Hall–Kier alpha value is -3.39. The van der Waals surface area contributed by atoms with Crippen LogP contribution < -0.4 is 0 Å². The third-order valence-corrected chi connectivity index (χ3v) is 8.84. The van der Waals surface area contributed by atoms with Crippen LogP contribution in [0.15, 0.2) is 91.1 Å². The number of hydrogen-bond acceptors (Lipinski definition) is 4.